The number of carbonyl (C=O) groups is 1. The molecule has 118 valence electrons. The molecular weight excluding hydrogens is 296 g/mol. The summed E-state index contributed by atoms with van der Waals surface area (Å²) in [5, 5.41) is 0.778. The molecule has 1 aliphatic rings. The second-order valence-electron chi connectivity index (χ2n) is 5.96. The molecule has 0 unspecified atom stereocenters. The first kappa shape index (κ1) is 15.3. The fourth-order valence-corrected chi connectivity index (χ4v) is 3.95. The van der Waals surface area contributed by atoms with Crippen LogP contribution in [0.1, 0.15) is 53.9 Å². The normalized spacial score (nSPS) is 16.5. The van der Waals surface area contributed by atoms with Gasteiger partial charge < -0.3 is 9.32 Å². The van der Waals surface area contributed by atoms with Crippen molar-refractivity contribution in [3.63, 3.8) is 0 Å². The van der Waals surface area contributed by atoms with Crippen LogP contribution in [-0.4, -0.2) is 28.9 Å². The van der Waals surface area contributed by atoms with E-state index in [1.54, 1.807) is 6.26 Å². The lowest BCUT2D eigenvalue weighted by atomic mass is 10.1. The minimum atomic E-state index is 0.0402. The summed E-state index contributed by atoms with van der Waals surface area (Å²) in [4.78, 5) is 20.2. The zero-order valence-corrected chi connectivity index (χ0v) is 14.0. The zero-order chi connectivity index (χ0) is 15.5. The molecule has 2 aromatic rings. The zero-order valence-electron chi connectivity index (χ0n) is 13.2. The average Bonchev–Trinajstić information content (AvgIpc) is 3.09. The van der Waals surface area contributed by atoms with Crippen LogP contribution in [0.15, 0.2) is 22.8 Å². The van der Waals surface area contributed by atoms with Crippen LogP contribution in [0.5, 0.6) is 0 Å². The summed E-state index contributed by atoms with van der Waals surface area (Å²) in [7, 11) is 1.92. The van der Waals surface area contributed by atoms with Crippen LogP contribution >= 0.6 is 11.3 Å². The van der Waals surface area contributed by atoms with Gasteiger partial charge in [0, 0.05) is 18.0 Å². The number of amides is 1. The van der Waals surface area contributed by atoms with Crippen molar-refractivity contribution >= 4 is 17.2 Å². The molecule has 0 spiro atoms. The third kappa shape index (κ3) is 3.09. The molecule has 1 amide bonds. The second-order valence-corrected chi connectivity index (χ2v) is 7.17. The Balaban J connectivity index is 1.79. The third-order valence-electron chi connectivity index (χ3n) is 4.42. The lowest BCUT2D eigenvalue weighted by Gasteiger charge is -2.26. The Kier molecular flexibility index (Phi) is 4.62. The molecule has 0 radical (unpaired) electrons. The van der Waals surface area contributed by atoms with Crippen molar-refractivity contribution in [2.75, 3.05) is 7.05 Å². The summed E-state index contributed by atoms with van der Waals surface area (Å²) in [5.41, 5.74) is 0.572. The Morgan fingerprint density at radius 3 is 2.68 bits per heavy atom. The minimum absolute atomic E-state index is 0.0402. The number of aromatic nitrogens is 1. The summed E-state index contributed by atoms with van der Waals surface area (Å²) >= 11 is 1.52. The molecule has 0 atom stereocenters. The van der Waals surface area contributed by atoms with E-state index in [1.165, 1.54) is 37.0 Å². The smallest absolute Gasteiger partial charge is 0.273 e. The number of thiazole rings is 1. The molecule has 5 heteroatoms. The highest BCUT2D eigenvalue weighted by molar-refractivity contribution is 7.15. The van der Waals surface area contributed by atoms with E-state index >= 15 is 0 Å². The van der Waals surface area contributed by atoms with E-state index in [4.69, 9.17) is 4.42 Å². The molecule has 1 aliphatic carbocycles. The molecule has 1 saturated carbocycles. The Bertz CT molecular complexity index is 625. The average molecular weight is 318 g/mol. The molecule has 3 rings (SSSR count). The Labute approximate surface area is 135 Å². The van der Waals surface area contributed by atoms with Crippen LogP contribution in [-0.2, 0) is 0 Å². The highest BCUT2D eigenvalue weighted by Crippen LogP contribution is 2.29. The van der Waals surface area contributed by atoms with Crippen molar-refractivity contribution in [1.29, 1.82) is 0 Å². The number of hydrogen-bond donors (Lipinski definition) is 0. The molecule has 2 aromatic heterocycles. The molecule has 1 fully saturated rings. The molecule has 22 heavy (non-hydrogen) atoms. The number of rotatable bonds is 3. The maximum atomic E-state index is 12.8. The van der Waals surface area contributed by atoms with Gasteiger partial charge in [-0.3, -0.25) is 4.79 Å². The van der Waals surface area contributed by atoms with Crippen LogP contribution in [0.3, 0.4) is 0 Å². The molecular formula is C17H22N2O2S. The van der Waals surface area contributed by atoms with Crippen LogP contribution in [0.2, 0.25) is 0 Å². The van der Waals surface area contributed by atoms with E-state index in [-0.39, 0.29) is 5.91 Å². The van der Waals surface area contributed by atoms with Gasteiger partial charge in [0.2, 0.25) is 0 Å². The largest absolute Gasteiger partial charge is 0.462 e. The van der Waals surface area contributed by atoms with Gasteiger partial charge in [-0.2, -0.15) is 0 Å². The monoisotopic (exact) mass is 318 g/mol. The fourth-order valence-electron chi connectivity index (χ4n) is 3.08. The quantitative estimate of drug-likeness (QED) is 0.782. The maximum absolute atomic E-state index is 12.8. The van der Waals surface area contributed by atoms with Gasteiger partial charge in [0.05, 0.1) is 6.26 Å². The summed E-state index contributed by atoms with van der Waals surface area (Å²) in [6, 6.07) is 4.07. The van der Waals surface area contributed by atoms with E-state index in [2.05, 4.69) is 4.98 Å². The predicted octanol–water partition coefficient (Wildman–Crippen LogP) is 4.51. The van der Waals surface area contributed by atoms with Crippen molar-refractivity contribution in [3.05, 3.63) is 29.0 Å². The first-order valence-electron chi connectivity index (χ1n) is 7.95. The van der Waals surface area contributed by atoms with E-state index in [1.807, 2.05) is 31.0 Å². The van der Waals surface area contributed by atoms with Crippen LogP contribution in [0.25, 0.3) is 10.8 Å². The van der Waals surface area contributed by atoms with E-state index in [9.17, 15) is 4.79 Å². The summed E-state index contributed by atoms with van der Waals surface area (Å²) in [6.07, 6.45) is 8.86. The number of aryl methyl sites for hydroxylation is 1. The van der Waals surface area contributed by atoms with Gasteiger partial charge in [-0.1, -0.05) is 25.7 Å². The Morgan fingerprint density at radius 2 is 2.05 bits per heavy atom. The van der Waals surface area contributed by atoms with Crippen molar-refractivity contribution in [2.45, 2.75) is 51.5 Å². The maximum Gasteiger partial charge on any atom is 0.273 e. The molecule has 2 heterocycles. The lowest BCUT2D eigenvalue weighted by molar-refractivity contribution is 0.0712. The van der Waals surface area contributed by atoms with Crippen LogP contribution in [0, 0.1) is 6.92 Å². The van der Waals surface area contributed by atoms with Crippen molar-refractivity contribution in [1.82, 2.24) is 9.88 Å². The van der Waals surface area contributed by atoms with Crippen LogP contribution in [0.4, 0.5) is 0 Å². The van der Waals surface area contributed by atoms with Gasteiger partial charge in [-0.15, -0.1) is 11.3 Å². The fraction of sp³-hybridized carbons (Fsp3) is 0.529. The van der Waals surface area contributed by atoms with Crippen molar-refractivity contribution in [3.8, 4) is 10.8 Å². The molecule has 4 nitrogen and oxygen atoms in total. The standard InChI is InChI=1S/C17H22N2O2S/c1-12-15(18-16(22-12)14-10-7-11-21-14)17(20)19(2)13-8-5-3-4-6-9-13/h7,10-11,13H,3-6,8-9H2,1-2H3. The highest BCUT2D eigenvalue weighted by atomic mass is 32.1. The second kappa shape index (κ2) is 6.65. The minimum Gasteiger partial charge on any atom is -0.462 e. The van der Waals surface area contributed by atoms with Gasteiger partial charge in [0.25, 0.3) is 5.91 Å². The molecule has 0 bridgehead atoms. The summed E-state index contributed by atoms with van der Waals surface area (Å²) < 4.78 is 5.38. The number of carbonyl (C=O) groups excluding carboxylic acids is 1. The number of nitrogens with zero attached hydrogens (tertiary/aromatic N) is 2. The predicted molar refractivity (Wildman–Crippen MR) is 88.1 cm³/mol. The number of furan rings is 1. The van der Waals surface area contributed by atoms with Crippen molar-refractivity contribution < 1.29 is 9.21 Å². The lowest BCUT2D eigenvalue weighted by Crippen LogP contribution is -2.37. The highest BCUT2D eigenvalue weighted by Gasteiger charge is 2.26. The topological polar surface area (TPSA) is 46.3 Å². The Morgan fingerprint density at radius 1 is 1.32 bits per heavy atom. The first-order valence-corrected chi connectivity index (χ1v) is 8.77. The molecule has 0 aliphatic heterocycles. The van der Waals surface area contributed by atoms with Gasteiger partial charge >= 0.3 is 0 Å². The van der Waals surface area contributed by atoms with E-state index in [0.717, 1.165) is 28.5 Å². The molecule has 0 aromatic carbocycles. The van der Waals surface area contributed by atoms with E-state index < -0.39 is 0 Å². The van der Waals surface area contributed by atoms with E-state index in [0.29, 0.717) is 11.7 Å². The molecule has 0 saturated heterocycles. The number of hydrogen-bond acceptors (Lipinski definition) is 4. The summed E-state index contributed by atoms with van der Waals surface area (Å²) in [6.45, 7) is 1.96. The first-order chi connectivity index (χ1) is 10.7. The summed E-state index contributed by atoms with van der Waals surface area (Å²) in [5.74, 6) is 0.766. The Hall–Kier alpha value is -1.62. The van der Waals surface area contributed by atoms with Gasteiger partial charge in [-0.25, -0.2) is 4.98 Å². The van der Waals surface area contributed by atoms with Gasteiger partial charge in [0.15, 0.2) is 10.8 Å². The van der Waals surface area contributed by atoms with Crippen LogP contribution < -0.4 is 0 Å². The SMILES string of the molecule is Cc1sc(-c2ccco2)nc1C(=O)N(C)C1CCCCCC1. The molecule has 0 N–H and O–H groups in total. The van der Waals surface area contributed by atoms with Crippen molar-refractivity contribution in [2.24, 2.45) is 0 Å². The third-order valence-corrected chi connectivity index (χ3v) is 5.41. The van der Waals surface area contributed by atoms with Gasteiger partial charge in [-0.05, 0) is 31.9 Å². The van der Waals surface area contributed by atoms with Gasteiger partial charge in [0.1, 0.15) is 5.69 Å².